The van der Waals surface area contributed by atoms with Crippen molar-refractivity contribution < 1.29 is 4.74 Å². The number of halogens is 2. The number of hydrogen-bond acceptors (Lipinski definition) is 3. The van der Waals surface area contributed by atoms with E-state index in [1.54, 1.807) is 7.11 Å². The highest BCUT2D eigenvalue weighted by Crippen LogP contribution is 2.29. The number of rotatable bonds is 4. The zero-order valence-electron chi connectivity index (χ0n) is 9.97. The van der Waals surface area contributed by atoms with Crippen molar-refractivity contribution in [2.75, 3.05) is 7.11 Å². The third-order valence-corrected chi connectivity index (χ3v) is 3.48. The molecule has 0 aliphatic heterocycles. The van der Waals surface area contributed by atoms with Crippen LogP contribution in [0.1, 0.15) is 38.6 Å². The fourth-order valence-electron chi connectivity index (χ4n) is 1.35. The van der Waals surface area contributed by atoms with E-state index in [4.69, 9.17) is 27.9 Å². The topological polar surface area (TPSA) is 35.0 Å². The van der Waals surface area contributed by atoms with Crippen LogP contribution in [0.25, 0.3) is 0 Å². The highest BCUT2D eigenvalue weighted by molar-refractivity contribution is 6.34. The first-order valence-corrected chi connectivity index (χ1v) is 6.01. The molecular formula is C11H16Cl2N2O. The van der Waals surface area contributed by atoms with E-state index in [0.717, 1.165) is 12.0 Å². The molecule has 1 aromatic rings. The molecule has 1 unspecified atom stereocenters. The largest absolute Gasteiger partial charge is 0.371 e. The highest BCUT2D eigenvalue weighted by atomic mass is 35.5. The lowest BCUT2D eigenvalue weighted by Gasteiger charge is -2.25. The minimum absolute atomic E-state index is 0.411. The van der Waals surface area contributed by atoms with E-state index in [0.29, 0.717) is 22.6 Å². The lowest BCUT2D eigenvalue weighted by atomic mass is 10.0. The quantitative estimate of drug-likeness (QED) is 0.778. The van der Waals surface area contributed by atoms with E-state index in [9.17, 15) is 0 Å². The van der Waals surface area contributed by atoms with Crippen LogP contribution >= 0.6 is 23.2 Å². The van der Waals surface area contributed by atoms with Crippen LogP contribution in [-0.2, 0) is 16.8 Å². The third kappa shape index (κ3) is 2.47. The Labute approximate surface area is 106 Å². The van der Waals surface area contributed by atoms with Crippen molar-refractivity contribution in [1.29, 1.82) is 0 Å². The Bertz CT molecular complexity index is 355. The van der Waals surface area contributed by atoms with Gasteiger partial charge in [-0.3, -0.25) is 0 Å². The second-order valence-corrected chi connectivity index (χ2v) is 4.47. The van der Waals surface area contributed by atoms with Gasteiger partial charge in [0.1, 0.15) is 15.9 Å². The zero-order valence-corrected chi connectivity index (χ0v) is 11.5. The van der Waals surface area contributed by atoms with Gasteiger partial charge in [0, 0.05) is 12.7 Å². The van der Waals surface area contributed by atoms with Gasteiger partial charge < -0.3 is 4.74 Å². The first kappa shape index (κ1) is 13.7. The van der Waals surface area contributed by atoms with Crippen molar-refractivity contribution in [3.8, 4) is 0 Å². The summed E-state index contributed by atoms with van der Waals surface area (Å²) in [5.74, 6) is 0.532. The first-order chi connectivity index (χ1) is 7.48. The lowest BCUT2D eigenvalue weighted by molar-refractivity contribution is -0.00899. The fraction of sp³-hybridized carbons (Fsp3) is 0.636. The molecule has 16 heavy (non-hydrogen) atoms. The second kappa shape index (κ2) is 5.30. The molecule has 3 nitrogen and oxygen atoms in total. The summed E-state index contributed by atoms with van der Waals surface area (Å²) in [6.45, 7) is 5.88. The van der Waals surface area contributed by atoms with E-state index >= 15 is 0 Å². The number of aromatic nitrogens is 2. The molecule has 0 spiro atoms. The molecule has 0 N–H and O–H groups in total. The Balaban J connectivity index is 3.27. The molecule has 1 heterocycles. The summed E-state index contributed by atoms with van der Waals surface area (Å²) in [6.07, 6.45) is 1.47. The smallest absolute Gasteiger partial charge is 0.163 e. The minimum atomic E-state index is -0.542. The van der Waals surface area contributed by atoms with Crippen molar-refractivity contribution in [1.82, 2.24) is 9.97 Å². The Morgan fingerprint density at radius 1 is 1.19 bits per heavy atom. The molecule has 0 radical (unpaired) electrons. The number of hydrogen-bond donors (Lipinski definition) is 0. The van der Waals surface area contributed by atoms with Crippen LogP contribution in [0.5, 0.6) is 0 Å². The predicted octanol–water partition coefficient (Wildman–Crippen LogP) is 3.62. The van der Waals surface area contributed by atoms with Crippen LogP contribution in [0, 0.1) is 0 Å². The second-order valence-electron chi connectivity index (χ2n) is 3.75. The van der Waals surface area contributed by atoms with Gasteiger partial charge in [0.2, 0.25) is 0 Å². The van der Waals surface area contributed by atoms with Gasteiger partial charge in [-0.05, 0) is 19.8 Å². The summed E-state index contributed by atoms with van der Waals surface area (Å²) < 4.78 is 5.41. The van der Waals surface area contributed by atoms with E-state index in [1.807, 2.05) is 20.8 Å². The SMILES string of the molecule is CCc1c(Cl)nc(C(C)(CC)OC)nc1Cl. The van der Waals surface area contributed by atoms with Gasteiger partial charge in [-0.15, -0.1) is 0 Å². The highest BCUT2D eigenvalue weighted by Gasteiger charge is 2.29. The predicted molar refractivity (Wildman–Crippen MR) is 66.1 cm³/mol. The monoisotopic (exact) mass is 262 g/mol. The first-order valence-electron chi connectivity index (χ1n) is 5.26. The third-order valence-electron chi connectivity index (χ3n) is 2.86. The molecule has 90 valence electrons. The zero-order chi connectivity index (χ0) is 12.3. The summed E-state index contributed by atoms with van der Waals surface area (Å²) in [4.78, 5) is 8.53. The molecule has 0 aliphatic rings. The maximum Gasteiger partial charge on any atom is 0.163 e. The van der Waals surface area contributed by atoms with Crippen molar-refractivity contribution in [3.63, 3.8) is 0 Å². The summed E-state index contributed by atoms with van der Waals surface area (Å²) in [6, 6.07) is 0. The van der Waals surface area contributed by atoms with Crippen LogP contribution in [0.15, 0.2) is 0 Å². The van der Waals surface area contributed by atoms with Crippen LogP contribution in [0.4, 0.5) is 0 Å². The van der Waals surface area contributed by atoms with E-state index in [-0.39, 0.29) is 0 Å². The van der Waals surface area contributed by atoms with Gasteiger partial charge in [-0.1, -0.05) is 37.0 Å². The number of methoxy groups -OCH3 is 1. The molecule has 0 saturated carbocycles. The van der Waals surface area contributed by atoms with Crippen LogP contribution in [-0.4, -0.2) is 17.1 Å². The molecule has 0 saturated heterocycles. The Morgan fingerprint density at radius 2 is 1.69 bits per heavy atom. The standard InChI is InChI=1S/C11H16Cl2N2O/c1-5-7-8(12)14-10(15-9(7)13)11(3,6-2)16-4/h5-6H2,1-4H3. The van der Waals surface area contributed by atoms with Crippen molar-refractivity contribution in [2.45, 2.75) is 39.2 Å². The molecule has 0 bridgehead atoms. The van der Waals surface area contributed by atoms with E-state index < -0.39 is 5.60 Å². The summed E-state index contributed by atoms with van der Waals surface area (Å²) in [5.41, 5.74) is 0.237. The van der Waals surface area contributed by atoms with Gasteiger partial charge in [0.25, 0.3) is 0 Å². The molecule has 5 heteroatoms. The normalized spacial score (nSPS) is 14.9. The van der Waals surface area contributed by atoms with Crippen LogP contribution < -0.4 is 0 Å². The summed E-state index contributed by atoms with van der Waals surface area (Å²) in [5, 5.41) is 0.823. The van der Waals surface area contributed by atoms with Crippen molar-refractivity contribution in [2.24, 2.45) is 0 Å². The summed E-state index contributed by atoms with van der Waals surface area (Å²) in [7, 11) is 1.63. The molecule has 0 aliphatic carbocycles. The molecule has 1 atom stereocenters. The summed E-state index contributed by atoms with van der Waals surface area (Å²) >= 11 is 12.1. The van der Waals surface area contributed by atoms with Gasteiger partial charge in [0.05, 0.1) is 0 Å². The Morgan fingerprint density at radius 3 is 2.00 bits per heavy atom. The molecule has 1 aromatic heterocycles. The van der Waals surface area contributed by atoms with E-state index in [2.05, 4.69) is 9.97 Å². The number of nitrogens with zero attached hydrogens (tertiary/aromatic N) is 2. The number of ether oxygens (including phenoxy) is 1. The Kier molecular flexibility index (Phi) is 4.53. The minimum Gasteiger partial charge on any atom is -0.371 e. The van der Waals surface area contributed by atoms with Crippen LogP contribution in [0.2, 0.25) is 10.3 Å². The van der Waals surface area contributed by atoms with Gasteiger partial charge in [0.15, 0.2) is 5.82 Å². The molecule has 1 rings (SSSR count). The Hall–Kier alpha value is -0.380. The van der Waals surface area contributed by atoms with Crippen LogP contribution in [0.3, 0.4) is 0 Å². The molecular weight excluding hydrogens is 247 g/mol. The van der Waals surface area contributed by atoms with Gasteiger partial charge in [-0.25, -0.2) is 9.97 Å². The lowest BCUT2D eigenvalue weighted by Crippen LogP contribution is -2.26. The van der Waals surface area contributed by atoms with Gasteiger partial charge in [-0.2, -0.15) is 0 Å². The maximum atomic E-state index is 6.06. The van der Waals surface area contributed by atoms with Crippen molar-refractivity contribution in [3.05, 3.63) is 21.7 Å². The molecule has 0 aromatic carbocycles. The fourth-order valence-corrected chi connectivity index (χ4v) is 2.01. The maximum absolute atomic E-state index is 6.06. The van der Waals surface area contributed by atoms with Crippen molar-refractivity contribution >= 4 is 23.2 Å². The van der Waals surface area contributed by atoms with Gasteiger partial charge >= 0.3 is 0 Å². The average Bonchev–Trinajstić information content (AvgIpc) is 2.27. The average molecular weight is 263 g/mol. The molecule has 0 fully saturated rings. The van der Waals surface area contributed by atoms with E-state index in [1.165, 1.54) is 0 Å². The molecule has 0 amide bonds.